The summed E-state index contributed by atoms with van der Waals surface area (Å²) in [4.78, 5) is 18.8. The van der Waals surface area contributed by atoms with Gasteiger partial charge in [-0.1, -0.05) is 53.3 Å². The fourth-order valence-electron chi connectivity index (χ4n) is 2.52. The highest BCUT2D eigenvalue weighted by molar-refractivity contribution is 7.98. The third kappa shape index (κ3) is 3.98. The van der Waals surface area contributed by atoms with Crippen LogP contribution < -0.4 is 10.1 Å². The Balaban J connectivity index is 1.64. The van der Waals surface area contributed by atoms with Gasteiger partial charge < -0.3 is 0 Å². The van der Waals surface area contributed by atoms with Crippen molar-refractivity contribution in [3.05, 3.63) is 85.4 Å². The predicted molar refractivity (Wildman–Crippen MR) is 115 cm³/mol. The lowest BCUT2D eigenvalue weighted by Gasteiger charge is -1.95. The van der Waals surface area contributed by atoms with Gasteiger partial charge in [0.15, 0.2) is 5.82 Å². The van der Waals surface area contributed by atoms with E-state index in [0.29, 0.717) is 20.3 Å². The van der Waals surface area contributed by atoms with Crippen molar-refractivity contribution in [2.24, 2.45) is 0 Å². The van der Waals surface area contributed by atoms with Gasteiger partial charge in [-0.05, 0) is 53.8 Å². The molecular weight excluding hydrogens is 398 g/mol. The van der Waals surface area contributed by atoms with E-state index in [1.54, 1.807) is 17.8 Å². The topological polar surface area (TPSA) is 47.3 Å². The molecule has 0 saturated heterocycles. The van der Waals surface area contributed by atoms with E-state index in [0.717, 1.165) is 11.1 Å². The fraction of sp³-hybridized carbons (Fsp3) is 0.0500. The molecule has 7 heteroatoms. The Labute approximate surface area is 168 Å². The summed E-state index contributed by atoms with van der Waals surface area (Å²) in [6, 6.07) is 15.5. The van der Waals surface area contributed by atoms with Gasteiger partial charge in [0.2, 0.25) is 4.96 Å². The van der Waals surface area contributed by atoms with Gasteiger partial charge in [0, 0.05) is 9.92 Å². The molecule has 4 aromatic rings. The maximum Gasteiger partial charge on any atom is 0.291 e. The molecule has 2 aromatic heterocycles. The standard InChI is InChI=1S/C20H14ClN3OS2/c1-26-16-9-4-14(5-10-16)12-17-19(25)24-20(27-17)22-18(23-24)11-6-13-2-7-15(21)8-3-13/h2-12H,1H3. The van der Waals surface area contributed by atoms with Crippen molar-refractivity contribution in [2.45, 2.75) is 4.90 Å². The van der Waals surface area contributed by atoms with E-state index in [-0.39, 0.29) is 5.56 Å². The predicted octanol–water partition coefficient (Wildman–Crippen LogP) is 4.24. The van der Waals surface area contributed by atoms with Crippen molar-refractivity contribution in [3.63, 3.8) is 0 Å². The Morgan fingerprint density at radius 3 is 2.41 bits per heavy atom. The van der Waals surface area contributed by atoms with Crippen molar-refractivity contribution in [1.82, 2.24) is 14.6 Å². The molecule has 0 fully saturated rings. The van der Waals surface area contributed by atoms with Crippen molar-refractivity contribution < 1.29 is 0 Å². The molecule has 4 nitrogen and oxygen atoms in total. The van der Waals surface area contributed by atoms with E-state index in [4.69, 9.17) is 11.6 Å². The highest BCUT2D eigenvalue weighted by Gasteiger charge is 2.08. The minimum atomic E-state index is -0.150. The lowest BCUT2D eigenvalue weighted by atomic mass is 10.2. The number of thiazole rings is 1. The third-order valence-electron chi connectivity index (χ3n) is 3.91. The first-order valence-corrected chi connectivity index (χ1v) is 10.5. The number of fused-ring (bicyclic) bond motifs is 1. The zero-order chi connectivity index (χ0) is 18.8. The first-order chi connectivity index (χ1) is 13.1. The maximum atomic E-state index is 12.6. The number of nitrogens with zero attached hydrogens (tertiary/aromatic N) is 3. The van der Waals surface area contributed by atoms with Crippen LogP contribution in [0.25, 0.3) is 23.2 Å². The summed E-state index contributed by atoms with van der Waals surface area (Å²) in [5.74, 6) is 0.504. The molecular formula is C20H14ClN3OS2. The quantitative estimate of drug-likeness (QED) is 0.471. The SMILES string of the molecule is CSc1ccc(C=c2sc3nc(C=Cc4ccc(Cl)cc4)nn3c2=O)cc1. The molecule has 0 atom stereocenters. The Morgan fingerprint density at radius 1 is 1.04 bits per heavy atom. The molecule has 0 radical (unpaired) electrons. The highest BCUT2D eigenvalue weighted by Crippen LogP contribution is 2.15. The summed E-state index contributed by atoms with van der Waals surface area (Å²) in [7, 11) is 0. The Hall–Kier alpha value is -2.41. The highest BCUT2D eigenvalue weighted by atomic mass is 35.5. The molecule has 2 aromatic carbocycles. The zero-order valence-electron chi connectivity index (χ0n) is 14.3. The van der Waals surface area contributed by atoms with E-state index in [9.17, 15) is 4.79 Å². The molecule has 0 unspecified atom stereocenters. The largest absolute Gasteiger partial charge is 0.291 e. The third-order valence-corrected chi connectivity index (χ3v) is 5.86. The Morgan fingerprint density at radius 2 is 1.74 bits per heavy atom. The average Bonchev–Trinajstić information content (AvgIpc) is 3.21. The van der Waals surface area contributed by atoms with Crippen molar-refractivity contribution in [1.29, 1.82) is 0 Å². The second kappa shape index (κ2) is 7.68. The van der Waals surface area contributed by atoms with Gasteiger partial charge in [0.05, 0.1) is 4.53 Å². The van der Waals surface area contributed by atoms with Crippen molar-refractivity contribution in [2.75, 3.05) is 6.26 Å². The molecule has 0 aliphatic rings. The van der Waals surface area contributed by atoms with Crippen LogP contribution in [0, 0.1) is 0 Å². The molecule has 134 valence electrons. The molecule has 27 heavy (non-hydrogen) atoms. The number of hydrogen-bond donors (Lipinski definition) is 0. The van der Waals surface area contributed by atoms with E-state index in [1.807, 2.05) is 66.9 Å². The first-order valence-electron chi connectivity index (χ1n) is 8.11. The minimum absolute atomic E-state index is 0.150. The lowest BCUT2D eigenvalue weighted by Crippen LogP contribution is -2.23. The number of thioether (sulfide) groups is 1. The molecule has 4 rings (SSSR count). The van der Waals surface area contributed by atoms with E-state index in [2.05, 4.69) is 10.1 Å². The second-order valence-electron chi connectivity index (χ2n) is 5.74. The number of benzene rings is 2. The van der Waals surface area contributed by atoms with Gasteiger partial charge in [0.25, 0.3) is 5.56 Å². The lowest BCUT2D eigenvalue weighted by molar-refractivity contribution is 0.925. The maximum absolute atomic E-state index is 12.6. The van der Waals surface area contributed by atoms with Crippen molar-refractivity contribution in [3.8, 4) is 0 Å². The van der Waals surface area contributed by atoms with Gasteiger partial charge in [-0.2, -0.15) is 9.50 Å². The second-order valence-corrected chi connectivity index (χ2v) is 8.06. The van der Waals surface area contributed by atoms with Crippen LogP contribution in [0.1, 0.15) is 17.0 Å². The summed E-state index contributed by atoms with van der Waals surface area (Å²) in [6.07, 6.45) is 7.58. The molecule has 0 saturated carbocycles. The Kier molecular flexibility index (Phi) is 5.11. The molecule has 0 bridgehead atoms. The van der Waals surface area contributed by atoms with Crippen LogP contribution >= 0.6 is 34.7 Å². The smallest absolute Gasteiger partial charge is 0.266 e. The van der Waals surface area contributed by atoms with Crippen LogP contribution in [-0.2, 0) is 0 Å². The van der Waals surface area contributed by atoms with E-state index < -0.39 is 0 Å². The Bertz CT molecular complexity index is 1230. The summed E-state index contributed by atoms with van der Waals surface area (Å²) in [5.41, 5.74) is 1.82. The normalized spacial score (nSPS) is 12.4. The van der Waals surface area contributed by atoms with Gasteiger partial charge >= 0.3 is 0 Å². The summed E-state index contributed by atoms with van der Waals surface area (Å²) < 4.78 is 1.98. The molecule has 0 aliphatic carbocycles. The molecule has 2 heterocycles. The van der Waals surface area contributed by atoms with Crippen LogP contribution in [0.3, 0.4) is 0 Å². The number of halogens is 1. The summed E-state index contributed by atoms with van der Waals surface area (Å²) >= 11 is 8.91. The molecule has 0 amide bonds. The monoisotopic (exact) mass is 411 g/mol. The van der Waals surface area contributed by atoms with Crippen molar-refractivity contribution >= 4 is 57.9 Å². The average molecular weight is 412 g/mol. The van der Waals surface area contributed by atoms with E-state index in [1.165, 1.54) is 20.7 Å². The van der Waals surface area contributed by atoms with E-state index >= 15 is 0 Å². The molecule has 0 N–H and O–H groups in total. The van der Waals surface area contributed by atoms with Gasteiger partial charge in [0.1, 0.15) is 0 Å². The number of aromatic nitrogens is 3. The molecule has 0 spiro atoms. The zero-order valence-corrected chi connectivity index (χ0v) is 16.7. The summed E-state index contributed by atoms with van der Waals surface area (Å²) in [5, 5.41) is 4.99. The van der Waals surface area contributed by atoms with Crippen LogP contribution in [0.2, 0.25) is 5.02 Å². The van der Waals surface area contributed by atoms with Crippen LogP contribution in [-0.4, -0.2) is 20.9 Å². The number of hydrogen-bond acceptors (Lipinski definition) is 5. The number of rotatable bonds is 4. The molecule has 0 aliphatic heterocycles. The van der Waals surface area contributed by atoms with Crippen LogP contribution in [0.5, 0.6) is 0 Å². The van der Waals surface area contributed by atoms with Crippen LogP contribution in [0.4, 0.5) is 0 Å². The summed E-state index contributed by atoms with van der Waals surface area (Å²) in [6.45, 7) is 0. The first kappa shape index (κ1) is 18.0. The van der Waals surface area contributed by atoms with Gasteiger partial charge in [-0.25, -0.2) is 0 Å². The van der Waals surface area contributed by atoms with Gasteiger partial charge in [-0.15, -0.1) is 16.9 Å². The van der Waals surface area contributed by atoms with Crippen LogP contribution in [0.15, 0.2) is 58.2 Å². The minimum Gasteiger partial charge on any atom is -0.266 e. The van der Waals surface area contributed by atoms with Gasteiger partial charge in [-0.3, -0.25) is 4.79 Å². The fourth-order valence-corrected chi connectivity index (χ4v) is 3.96.